The zero-order valence-electron chi connectivity index (χ0n) is 12.0. The van der Waals surface area contributed by atoms with E-state index in [4.69, 9.17) is 11.6 Å². The second-order valence-electron chi connectivity index (χ2n) is 5.04. The monoisotopic (exact) mass is 345 g/mol. The van der Waals surface area contributed by atoms with Crippen molar-refractivity contribution in [1.82, 2.24) is 14.3 Å². The first-order chi connectivity index (χ1) is 10.8. The van der Waals surface area contributed by atoms with E-state index in [0.717, 1.165) is 22.0 Å². The minimum atomic E-state index is -0.168. The molecule has 23 heavy (non-hydrogen) atoms. The highest BCUT2D eigenvalue weighted by Crippen LogP contribution is 2.23. The zero-order chi connectivity index (χ0) is 15.1. The fourth-order valence-electron chi connectivity index (χ4n) is 2.73. The van der Waals surface area contributed by atoms with Crippen LogP contribution < -0.4 is 5.56 Å². The first-order valence-electron chi connectivity index (χ1n) is 6.92. The largest absolute Gasteiger partial charge is 0.292 e. The van der Waals surface area contributed by atoms with E-state index in [1.807, 2.05) is 60.8 Å². The van der Waals surface area contributed by atoms with Gasteiger partial charge in [0.15, 0.2) is 5.52 Å². The van der Waals surface area contributed by atoms with Crippen LogP contribution in [0.4, 0.5) is 0 Å². The van der Waals surface area contributed by atoms with Crippen molar-refractivity contribution in [3.63, 3.8) is 0 Å². The topological polar surface area (TPSA) is 39.8 Å². The van der Waals surface area contributed by atoms with Crippen molar-refractivity contribution in [2.24, 2.45) is 0 Å². The highest BCUT2D eigenvalue weighted by atomic mass is 35.5. The molecule has 4 rings (SSSR count). The van der Waals surface area contributed by atoms with E-state index in [-0.39, 0.29) is 24.0 Å². The van der Waals surface area contributed by atoms with Gasteiger partial charge in [-0.25, -0.2) is 4.68 Å². The third-order valence-electron chi connectivity index (χ3n) is 3.79. The van der Waals surface area contributed by atoms with Crippen LogP contribution in [0.5, 0.6) is 0 Å². The van der Waals surface area contributed by atoms with E-state index >= 15 is 0 Å². The third kappa shape index (κ3) is 2.40. The van der Waals surface area contributed by atoms with Gasteiger partial charge in [-0.1, -0.05) is 36.4 Å². The summed E-state index contributed by atoms with van der Waals surface area (Å²) >= 11 is 5.96. The quantitative estimate of drug-likeness (QED) is 0.516. The van der Waals surface area contributed by atoms with Crippen LogP contribution in [0.25, 0.3) is 27.5 Å². The second-order valence-corrected chi connectivity index (χ2v) is 5.28. The number of rotatable bonds is 2. The van der Waals surface area contributed by atoms with Crippen molar-refractivity contribution >= 4 is 45.8 Å². The number of hydrogen-bond acceptors (Lipinski definition) is 2. The predicted molar refractivity (Wildman–Crippen MR) is 95.9 cm³/mol. The van der Waals surface area contributed by atoms with Crippen molar-refractivity contribution in [2.45, 2.75) is 6.00 Å². The van der Waals surface area contributed by atoms with E-state index in [1.165, 1.54) is 0 Å². The Kier molecular flexibility index (Phi) is 4.11. The predicted octanol–water partition coefficient (Wildman–Crippen LogP) is 3.96. The Bertz CT molecular complexity index is 1040. The summed E-state index contributed by atoms with van der Waals surface area (Å²) in [6, 6.07) is 17.6. The average Bonchev–Trinajstić information content (AvgIpc) is 3.02. The summed E-state index contributed by atoms with van der Waals surface area (Å²) in [5.41, 5.74) is 2.00. The lowest BCUT2D eigenvalue weighted by Crippen LogP contribution is -2.19. The number of halogens is 2. The number of para-hydroxylation sites is 2. The maximum Gasteiger partial charge on any atom is 0.280 e. The lowest BCUT2D eigenvalue weighted by atomic mass is 10.1. The van der Waals surface area contributed by atoms with Gasteiger partial charge in [0.25, 0.3) is 5.56 Å². The Morgan fingerprint density at radius 3 is 2.39 bits per heavy atom. The number of alkyl halides is 1. The standard InChI is InChI=1S/C17H12ClN3O.ClH/c18-11-20-15-9-5-4-8-13(15)14-10-21(19-16(14)17(20)22)12-6-2-1-3-7-12;/h1-10H,11H2;1H. The molecule has 0 aliphatic carbocycles. The number of aromatic nitrogens is 3. The fraction of sp³-hybridized carbons (Fsp3) is 0.0588. The maximum atomic E-state index is 12.6. The summed E-state index contributed by atoms with van der Waals surface area (Å²) in [7, 11) is 0. The number of fused-ring (bicyclic) bond motifs is 3. The number of hydrogen-bond donors (Lipinski definition) is 0. The van der Waals surface area contributed by atoms with Crippen LogP contribution in [-0.2, 0) is 6.00 Å². The fourth-order valence-corrected chi connectivity index (χ4v) is 2.97. The van der Waals surface area contributed by atoms with E-state index in [0.29, 0.717) is 5.52 Å². The molecule has 6 heteroatoms. The molecule has 4 nitrogen and oxygen atoms in total. The van der Waals surface area contributed by atoms with Crippen molar-refractivity contribution in [1.29, 1.82) is 0 Å². The zero-order valence-corrected chi connectivity index (χ0v) is 13.6. The molecule has 0 N–H and O–H groups in total. The number of pyridine rings is 1. The Hall–Kier alpha value is -2.30. The first-order valence-corrected chi connectivity index (χ1v) is 7.45. The Morgan fingerprint density at radius 1 is 0.957 bits per heavy atom. The molecule has 0 atom stereocenters. The van der Waals surface area contributed by atoms with Gasteiger partial charge in [0.2, 0.25) is 0 Å². The molecule has 0 unspecified atom stereocenters. The molecule has 0 saturated carbocycles. The lowest BCUT2D eigenvalue weighted by Gasteiger charge is -2.06. The normalized spacial score (nSPS) is 10.8. The van der Waals surface area contributed by atoms with Gasteiger partial charge in [-0.05, 0) is 18.2 Å². The van der Waals surface area contributed by atoms with E-state index < -0.39 is 0 Å². The Morgan fingerprint density at radius 2 is 1.65 bits per heavy atom. The molecular weight excluding hydrogens is 333 g/mol. The minimum Gasteiger partial charge on any atom is -0.292 e. The highest BCUT2D eigenvalue weighted by Gasteiger charge is 2.14. The van der Waals surface area contributed by atoms with Crippen LogP contribution in [0.15, 0.2) is 65.6 Å². The van der Waals surface area contributed by atoms with Gasteiger partial charge in [0.1, 0.15) is 6.00 Å². The van der Waals surface area contributed by atoms with Crippen LogP contribution in [0.1, 0.15) is 0 Å². The first kappa shape index (κ1) is 15.6. The average molecular weight is 346 g/mol. The number of benzene rings is 2. The smallest absolute Gasteiger partial charge is 0.280 e. The van der Waals surface area contributed by atoms with Gasteiger partial charge >= 0.3 is 0 Å². The van der Waals surface area contributed by atoms with Crippen molar-refractivity contribution in [3.8, 4) is 5.69 Å². The van der Waals surface area contributed by atoms with E-state index in [9.17, 15) is 4.79 Å². The van der Waals surface area contributed by atoms with Gasteiger partial charge in [-0.3, -0.25) is 9.36 Å². The molecule has 116 valence electrons. The van der Waals surface area contributed by atoms with E-state index in [1.54, 1.807) is 9.25 Å². The molecule has 0 aliphatic rings. The molecule has 2 aromatic carbocycles. The second kappa shape index (κ2) is 6.07. The van der Waals surface area contributed by atoms with Crippen LogP contribution in [0, 0.1) is 0 Å². The molecule has 0 fully saturated rings. The molecule has 0 aliphatic heterocycles. The maximum absolute atomic E-state index is 12.6. The third-order valence-corrected chi connectivity index (χ3v) is 4.03. The summed E-state index contributed by atoms with van der Waals surface area (Å²) in [4.78, 5) is 12.6. The highest BCUT2D eigenvalue weighted by molar-refractivity contribution is 6.16. The van der Waals surface area contributed by atoms with Crippen LogP contribution in [0.3, 0.4) is 0 Å². The summed E-state index contributed by atoms with van der Waals surface area (Å²) in [6.45, 7) is 0. The van der Waals surface area contributed by atoms with Gasteiger partial charge in [-0.15, -0.1) is 24.0 Å². The molecule has 0 amide bonds. The summed E-state index contributed by atoms with van der Waals surface area (Å²) in [6.07, 6.45) is 1.90. The lowest BCUT2D eigenvalue weighted by molar-refractivity contribution is 0.861. The molecule has 0 bridgehead atoms. The summed E-state index contributed by atoms with van der Waals surface area (Å²) in [5, 5.41) is 6.28. The van der Waals surface area contributed by atoms with Gasteiger partial charge in [0, 0.05) is 17.0 Å². The summed E-state index contributed by atoms with van der Waals surface area (Å²) in [5.74, 6) is 0. The molecule has 0 spiro atoms. The molecule has 0 radical (unpaired) electrons. The van der Waals surface area contributed by atoms with Crippen LogP contribution >= 0.6 is 24.0 Å². The van der Waals surface area contributed by atoms with E-state index in [2.05, 4.69) is 5.10 Å². The van der Waals surface area contributed by atoms with Crippen molar-refractivity contribution < 1.29 is 0 Å². The van der Waals surface area contributed by atoms with Gasteiger partial charge < -0.3 is 0 Å². The molecule has 4 aromatic rings. The van der Waals surface area contributed by atoms with Crippen LogP contribution in [-0.4, -0.2) is 14.3 Å². The molecule has 2 aromatic heterocycles. The SMILES string of the molecule is Cl.O=c1c2nn(-c3ccccc3)cc2c2ccccc2n1CCl. The Labute approximate surface area is 143 Å². The minimum absolute atomic E-state index is 0. The molecule has 2 heterocycles. The van der Waals surface area contributed by atoms with Crippen molar-refractivity contribution in [3.05, 3.63) is 71.1 Å². The summed E-state index contributed by atoms with van der Waals surface area (Å²) < 4.78 is 3.28. The van der Waals surface area contributed by atoms with Gasteiger partial charge in [0.05, 0.1) is 11.2 Å². The molecular formula is C17H13Cl2N3O. The number of nitrogens with zero attached hydrogens (tertiary/aromatic N) is 3. The van der Waals surface area contributed by atoms with Crippen molar-refractivity contribution in [2.75, 3.05) is 0 Å². The Balaban J connectivity index is 0.00000156. The van der Waals surface area contributed by atoms with Crippen LogP contribution in [0.2, 0.25) is 0 Å². The van der Waals surface area contributed by atoms with Gasteiger partial charge in [-0.2, -0.15) is 5.10 Å². The molecule has 0 saturated heterocycles.